The predicted molar refractivity (Wildman–Crippen MR) is 31.3 cm³/mol. The number of carbonyl (C=O) groups excluding carboxylic acids is 1. The van der Waals surface area contributed by atoms with E-state index >= 15 is 0 Å². The molecule has 0 bridgehead atoms. The van der Waals surface area contributed by atoms with Gasteiger partial charge in [-0.3, -0.25) is 9.69 Å². The minimum Gasteiger partial charge on any atom is -0.296 e. The molecular formula is C6H10NO. The Kier molecular flexibility index (Phi) is 1.63. The molecule has 0 amide bonds. The molecule has 8 heavy (non-hydrogen) atoms. The molecule has 0 saturated carbocycles. The highest BCUT2D eigenvalue weighted by Gasteiger charge is 2.19. The molecule has 0 aromatic heterocycles. The van der Waals surface area contributed by atoms with Crippen molar-refractivity contribution in [1.29, 1.82) is 0 Å². The summed E-state index contributed by atoms with van der Waals surface area (Å²) in [5, 5.41) is 0. The second-order valence-corrected chi connectivity index (χ2v) is 2.26. The van der Waals surface area contributed by atoms with Gasteiger partial charge < -0.3 is 0 Å². The maximum absolute atomic E-state index is 10.1. The molecule has 1 aliphatic rings. The number of nitrogens with zero attached hydrogens (tertiary/aromatic N) is 1. The van der Waals surface area contributed by atoms with Gasteiger partial charge in [-0.25, -0.2) is 0 Å². The molecule has 0 spiro atoms. The molecule has 1 radical (unpaired) electrons. The van der Waals surface area contributed by atoms with Crippen LogP contribution < -0.4 is 0 Å². The smallest absolute Gasteiger partial charge is 0.217 e. The number of hydrogen-bond acceptors (Lipinski definition) is 2. The Labute approximate surface area is 49.5 Å². The van der Waals surface area contributed by atoms with Crippen LogP contribution in [0.15, 0.2) is 0 Å². The summed E-state index contributed by atoms with van der Waals surface area (Å²) in [5.74, 6) is 0. The zero-order valence-electron chi connectivity index (χ0n) is 5.05. The molecular weight excluding hydrogens is 102 g/mol. The van der Waals surface area contributed by atoms with E-state index in [2.05, 4.69) is 0 Å². The summed E-state index contributed by atoms with van der Waals surface area (Å²) in [6.07, 6.45) is 4.14. The maximum atomic E-state index is 10.1. The Bertz CT molecular complexity index is 92.5. The topological polar surface area (TPSA) is 20.3 Å². The Morgan fingerprint density at radius 2 is 2.50 bits per heavy atom. The first-order valence-corrected chi connectivity index (χ1v) is 2.92. The summed E-state index contributed by atoms with van der Waals surface area (Å²) in [7, 11) is 1.96. The van der Waals surface area contributed by atoms with Gasteiger partial charge in [-0.2, -0.15) is 0 Å². The molecule has 0 aliphatic carbocycles. The summed E-state index contributed by atoms with van der Waals surface area (Å²) in [6.45, 7) is 1.06. The van der Waals surface area contributed by atoms with Crippen molar-refractivity contribution < 1.29 is 4.79 Å². The summed E-state index contributed by atoms with van der Waals surface area (Å²) < 4.78 is 0. The van der Waals surface area contributed by atoms with E-state index in [1.165, 1.54) is 0 Å². The fraction of sp³-hybridized carbons (Fsp3) is 0.833. The normalized spacial score (nSPS) is 30.9. The second kappa shape index (κ2) is 2.27. The van der Waals surface area contributed by atoms with E-state index in [9.17, 15) is 4.79 Å². The molecule has 0 N–H and O–H groups in total. The highest BCUT2D eigenvalue weighted by Crippen LogP contribution is 2.11. The predicted octanol–water partition coefficient (Wildman–Crippen LogP) is 0.190. The summed E-state index contributed by atoms with van der Waals surface area (Å²) >= 11 is 0. The summed E-state index contributed by atoms with van der Waals surface area (Å²) in [5.41, 5.74) is 0. The lowest BCUT2D eigenvalue weighted by molar-refractivity contribution is 0.360. The molecule has 1 saturated heterocycles. The molecule has 45 valence electrons. The third-order valence-corrected chi connectivity index (χ3v) is 1.66. The minimum absolute atomic E-state index is 0.0926. The average molecular weight is 112 g/mol. The average Bonchev–Trinajstić information content (AvgIpc) is 2.14. The first-order chi connectivity index (χ1) is 3.84. The Morgan fingerprint density at radius 3 is 2.75 bits per heavy atom. The van der Waals surface area contributed by atoms with Crippen LogP contribution in [0.4, 0.5) is 0 Å². The van der Waals surface area contributed by atoms with E-state index in [0.717, 1.165) is 19.4 Å². The molecule has 0 aromatic carbocycles. The van der Waals surface area contributed by atoms with Crippen LogP contribution in [0.25, 0.3) is 0 Å². The van der Waals surface area contributed by atoms with Crippen molar-refractivity contribution in [2.45, 2.75) is 18.9 Å². The molecule has 1 atom stereocenters. The molecule has 1 aliphatic heterocycles. The van der Waals surface area contributed by atoms with Crippen molar-refractivity contribution in [3.8, 4) is 0 Å². The molecule has 2 nitrogen and oxygen atoms in total. The van der Waals surface area contributed by atoms with Gasteiger partial charge in [0.2, 0.25) is 6.29 Å². The third-order valence-electron chi connectivity index (χ3n) is 1.66. The van der Waals surface area contributed by atoms with Crippen molar-refractivity contribution in [2.75, 3.05) is 13.6 Å². The number of likely N-dealkylation sites (N-methyl/N-ethyl adjacent to an activating group) is 1. The van der Waals surface area contributed by atoms with Crippen molar-refractivity contribution >= 4 is 6.29 Å². The van der Waals surface area contributed by atoms with Crippen molar-refractivity contribution in [3.05, 3.63) is 0 Å². The maximum Gasteiger partial charge on any atom is 0.217 e. The van der Waals surface area contributed by atoms with Crippen LogP contribution in [-0.4, -0.2) is 30.8 Å². The van der Waals surface area contributed by atoms with Crippen LogP contribution in [0.2, 0.25) is 0 Å². The number of likely N-dealkylation sites (tertiary alicyclic amines) is 1. The standard InChI is InChI=1S/C6H10NO/c1-7-4-2-3-6(7)5-8/h6H,2-4H2,1H3. The second-order valence-electron chi connectivity index (χ2n) is 2.26. The SMILES string of the molecule is CN1CCCC1[C]=O. The monoisotopic (exact) mass is 112 g/mol. The van der Waals surface area contributed by atoms with Gasteiger partial charge in [-0.05, 0) is 26.4 Å². The lowest BCUT2D eigenvalue weighted by Crippen LogP contribution is -2.25. The van der Waals surface area contributed by atoms with Crippen LogP contribution in [0, 0.1) is 0 Å². The van der Waals surface area contributed by atoms with E-state index < -0.39 is 0 Å². The lowest BCUT2D eigenvalue weighted by atomic mass is 10.2. The molecule has 1 heterocycles. The molecule has 0 aromatic rings. The third kappa shape index (κ3) is 0.892. The van der Waals surface area contributed by atoms with Crippen LogP contribution in [0.5, 0.6) is 0 Å². The van der Waals surface area contributed by atoms with Crippen LogP contribution >= 0.6 is 0 Å². The number of hydrogen-bond donors (Lipinski definition) is 0. The fourth-order valence-corrected chi connectivity index (χ4v) is 1.06. The zero-order chi connectivity index (χ0) is 5.98. The first-order valence-electron chi connectivity index (χ1n) is 2.92. The largest absolute Gasteiger partial charge is 0.296 e. The van der Waals surface area contributed by atoms with Crippen molar-refractivity contribution in [1.82, 2.24) is 4.90 Å². The van der Waals surface area contributed by atoms with Gasteiger partial charge in [0, 0.05) is 0 Å². The van der Waals surface area contributed by atoms with Gasteiger partial charge in [0.25, 0.3) is 0 Å². The zero-order valence-corrected chi connectivity index (χ0v) is 5.05. The molecule has 1 fully saturated rings. The summed E-state index contributed by atoms with van der Waals surface area (Å²) in [4.78, 5) is 12.1. The lowest BCUT2D eigenvalue weighted by Gasteiger charge is -2.09. The van der Waals surface area contributed by atoms with Crippen LogP contribution in [-0.2, 0) is 4.79 Å². The van der Waals surface area contributed by atoms with E-state index in [-0.39, 0.29) is 6.04 Å². The van der Waals surface area contributed by atoms with E-state index in [1.54, 1.807) is 0 Å². The molecule has 2 heteroatoms. The van der Waals surface area contributed by atoms with Gasteiger partial charge in [0.05, 0.1) is 6.04 Å². The Balaban J connectivity index is 2.41. The quantitative estimate of drug-likeness (QED) is 0.482. The Hall–Kier alpha value is -0.370. The van der Waals surface area contributed by atoms with Crippen LogP contribution in [0.3, 0.4) is 0 Å². The summed E-state index contributed by atoms with van der Waals surface area (Å²) in [6, 6.07) is 0.0926. The molecule has 1 rings (SSSR count). The van der Waals surface area contributed by atoms with Crippen molar-refractivity contribution in [2.24, 2.45) is 0 Å². The van der Waals surface area contributed by atoms with Crippen LogP contribution in [0.1, 0.15) is 12.8 Å². The van der Waals surface area contributed by atoms with Gasteiger partial charge in [-0.1, -0.05) is 0 Å². The van der Waals surface area contributed by atoms with E-state index in [4.69, 9.17) is 0 Å². The minimum atomic E-state index is 0.0926. The van der Waals surface area contributed by atoms with Gasteiger partial charge >= 0.3 is 0 Å². The fourth-order valence-electron chi connectivity index (χ4n) is 1.06. The van der Waals surface area contributed by atoms with Gasteiger partial charge in [0.1, 0.15) is 0 Å². The van der Waals surface area contributed by atoms with Gasteiger partial charge in [0.15, 0.2) is 0 Å². The van der Waals surface area contributed by atoms with E-state index in [0.29, 0.717) is 0 Å². The highest BCUT2D eigenvalue weighted by atomic mass is 16.1. The van der Waals surface area contributed by atoms with Crippen molar-refractivity contribution in [3.63, 3.8) is 0 Å². The molecule has 1 unspecified atom stereocenters. The highest BCUT2D eigenvalue weighted by molar-refractivity contribution is 5.58. The first kappa shape index (κ1) is 5.76. The van der Waals surface area contributed by atoms with Gasteiger partial charge in [-0.15, -0.1) is 0 Å². The van der Waals surface area contributed by atoms with E-state index in [1.807, 2.05) is 18.2 Å². The number of rotatable bonds is 1. The Morgan fingerprint density at radius 1 is 1.75 bits per heavy atom.